The summed E-state index contributed by atoms with van der Waals surface area (Å²) >= 11 is 0. The number of benzene rings is 2. The largest absolute Gasteiger partial charge is 0.207 e. The Morgan fingerprint density at radius 3 is 1.95 bits per heavy atom. The van der Waals surface area contributed by atoms with Gasteiger partial charge in [-0.15, -0.1) is 6.42 Å². The van der Waals surface area contributed by atoms with E-state index in [1.165, 1.54) is 11.6 Å². The molecule has 0 aromatic heterocycles. The molecule has 0 bridgehead atoms. The summed E-state index contributed by atoms with van der Waals surface area (Å²) in [4.78, 5) is 0. The summed E-state index contributed by atoms with van der Waals surface area (Å²) < 4.78 is 13.8. The van der Waals surface area contributed by atoms with Crippen molar-refractivity contribution in [3.05, 3.63) is 70.5 Å². The van der Waals surface area contributed by atoms with Crippen molar-refractivity contribution in [2.24, 2.45) is 0 Å². The van der Waals surface area contributed by atoms with Gasteiger partial charge in [0.15, 0.2) is 0 Å². The second-order valence-electron chi connectivity index (χ2n) is 5.10. The third-order valence-corrected chi connectivity index (χ3v) is 3.67. The van der Waals surface area contributed by atoms with Gasteiger partial charge >= 0.3 is 0 Å². The van der Waals surface area contributed by atoms with E-state index in [2.05, 4.69) is 5.92 Å². The minimum absolute atomic E-state index is 0.217. The lowest BCUT2D eigenvalue weighted by Gasteiger charge is -2.25. The molecule has 2 aromatic carbocycles. The summed E-state index contributed by atoms with van der Waals surface area (Å²) in [7, 11) is 0. The molecule has 1 unspecified atom stereocenters. The Hall–Kier alpha value is -2.07. The van der Waals surface area contributed by atoms with Gasteiger partial charge in [-0.2, -0.15) is 0 Å². The van der Waals surface area contributed by atoms with Crippen LogP contribution in [0.2, 0.25) is 0 Å². The van der Waals surface area contributed by atoms with Crippen LogP contribution < -0.4 is 0 Å². The molecule has 0 saturated carbocycles. The van der Waals surface area contributed by atoms with E-state index in [4.69, 9.17) is 6.42 Å². The number of aryl methyl sites for hydroxylation is 2. The summed E-state index contributed by atoms with van der Waals surface area (Å²) in [6.07, 6.45) is 5.72. The van der Waals surface area contributed by atoms with Gasteiger partial charge in [-0.05, 0) is 43.5 Å². The summed E-state index contributed by atoms with van der Waals surface area (Å²) in [6, 6.07) is 13.3. The van der Waals surface area contributed by atoms with Crippen LogP contribution in [0.25, 0.3) is 0 Å². The van der Waals surface area contributed by atoms with Crippen molar-refractivity contribution >= 4 is 0 Å². The lowest BCUT2D eigenvalue weighted by molar-refractivity contribution is 0.610. The second kappa shape index (κ2) is 7.09. The van der Waals surface area contributed by atoms with E-state index in [-0.39, 0.29) is 5.82 Å². The van der Waals surface area contributed by atoms with Crippen LogP contribution in [-0.4, -0.2) is 0 Å². The van der Waals surface area contributed by atoms with Crippen molar-refractivity contribution in [2.75, 3.05) is 0 Å². The highest BCUT2D eigenvalue weighted by Gasteiger charge is 2.27. The molecule has 1 heteroatoms. The summed E-state index contributed by atoms with van der Waals surface area (Å²) in [6.45, 7) is 9.72. The van der Waals surface area contributed by atoms with Gasteiger partial charge < -0.3 is 0 Å². The highest BCUT2D eigenvalue weighted by atomic mass is 19.1. The average molecular weight is 282 g/mol. The highest BCUT2D eigenvalue weighted by Crippen LogP contribution is 2.32. The molecule has 0 saturated heterocycles. The molecule has 0 aliphatic rings. The molecule has 0 amide bonds. The average Bonchev–Trinajstić information content (AvgIpc) is 2.52. The van der Waals surface area contributed by atoms with Gasteiger partial charge in [-0.25, -0.2) is 4.39 Å². The third kappa shape index (κ3) is 3.52. The second-order valence-corrected chi connectivity index (χ2v) is 5.10. The maximum atomic E-state index is 13.8. The molecular formula is C20H23F. The van der Waals surface area contributed by atoms with Crippen LogP contribution in [0, 0.1) is 32.0 Å². The fourth-order valence-electron chi connectivity index (χ4n) is 2.12. The zero-order valence-corrected chi connectivity index (χ0v) is 13.5. The molecule has 0 nitrogen and oxygen atoms in total. The van der Waals surface area contributed by atoms with Gasteiger partial charge in [0.25, 0.3) is 0 Å². The van der Waals surface area contributed by atoms with Crippen LogP contribution in [0.3, 0.4) is 0 Å². The lowest BCUT2D eigenvalue weighted by atomic mass is 9.76. The number of halogens is 1. The summed E-state index contributed by atoms with van der Waals surface area (Å²) in [5.41, 5.74) is 3.01. The van der Waals surface area contributed by atoms with E-state index in [9.17, 15) is 4.39 Å². The summed E-state index contributed by atoms with van der Waals surface area (Å²) in [5, 5.41) is 0. The van der Waals surface area contributed by atoms with Crippen molar-refractivity contribution in [3.8, 4) is 12.3 Å². The Kier molecular flexibility index (Phi) is 5.73. The SMILES string of the molecule is C#CC(C)(c1ccc(C)cc1)c1ccc(C)c(F)c1.CC. The molecule has 0 fully saturated rings. The fourth-order valence-corrected chi connectivity index (χ4v) is 2.12. The first-order valence-electron chi connectivity index (χ1n) is 7.29. The zero-order chi connectivity index (χ0) is 16.0. The zero-order valence-electron chi connectivity index (χ0n) is 13.5. The lowest BCUT2D eigenvalue weighted by Crippen LogP contribution is -2.21. The maximum absolute atomic E-state index is 13.8. The molecule has 2 rings (SSSR count). The van der Waals surface area contributed by atoms with Crippen LogP contribution in [0.15, 0.2) is 42.5 Å². The van der Waals surface area contributed by atoms with E-state index >= 15 is 0 Å². The van der Waals surface area contributed by atoms with Crippen LogP contribution >= 0.6 is 0 Å². The molecule has 2 aromatic rings. The first-order chi connectivity index (χ1) is 9.97. The first-order valence-corrected chi connectivity index (χ1v) is 7.29. The van der Waals surface area contributed by atoms with Crippen LogP contribution in [0.4, 0.5) is 4.39 Å². The molecule has 0 N–H and O–H groups in total. The smallest absolute Gasteiger partial charge is 0.126 e. The van der Waals surface area contributed by atoms with Gasteiger partial charge in [0.2, 0.25) is 0 Å². The van der Waals surface area contributed by atoms with Crippen molar-refractivity contribution in [1.82, 2.24) is 0 Å². The quantitative estimate of drug-likeness (QED) is 0.646. The Balaban J connectivity index is 0.00000106. The molecule has 110 valence electrons. The van der Waals surface area contributed by atoms with Crippen molar-refractivity contribution in [2.45, 2.75) is 40.0 Å². The van der Waals surface area contributed by atoms with Crippen molar-refractivity contribution in [1.29, 1.82) is 0 Å². The third-order valence-electron chi connectivity index (χ3n) is 3.67. The minimum Gasteiger partial charge on any atom is -0.207 e. The van der Waals surface area contributed by atoms with E-state index in [0.29, 0.717) is 5.56 Å². The van der Waals surface area contributed by atoms with Crippen LogP contribution in [-0.2, 0) is 5.41 Å². The molecule has 0 spiro atoms. The van der Waals surface area contributed by atoms with Crippen LogP contribution in [0.1, 0.15) is 43.0 Å². The van der Waals surface area contributed by atoms with Gasteiger partial charge in [0.1, 0.15) is 5.82 Å². The van der Waals surface area contributed by atoms with Crippen molar-refractivity contribution in [3.63, 3.8) is 0 Å². The summed E-state index contributed by atoms with van der Waals surface area (Å²) in [5.74, 6) is 2.59. The number of hydrogen-bond donors (Lipinski definition) is 0. The molecule has 0 aliphatic carbocycles. The molecule has 1 atom stereocenters. The van der Waals surface area contributed by atoms with Gasteiger partial charge in [-0.3, -0.25) is 0 Å². The van der Waals surface area contributed by atoms with E-state index in [0.717, 1.165) is 11.1 Å². The number of hydrogen-bond acceptors (Lipinski definition) is 0. The standard InChI is InChI=1S/C18H17F.C2H6/c1-5-18(4,15-9-6-13(2)7-10-15)16-11-8-14(3)17(19)12-16;1-2/h1,6-12H,2-4H3;1-2H3. The topological polar surface area (TPSA) is 0 Å². The van der Waals surface area contributed by atoms with E-state index < -0.39 is 5.41 Å². The van der Waals surface area contributed by atoms with E-state index in [1.807, 2.05) is 58.0 Å². The Bertz CT molecular complexity index is 632. The Morgan fingerprint density at radius 1 is 0.952 bits per heavy atom. The molecule has 21 heavy (non-hydrogen) atoms. The van der Waals surface area contributed by atoms with Crippen LogP contribution in [0.5, 0.6) is 0 Å². The first kappa shape index (κ1) is 17.0. The highest BCUT2D eigenvalue weighted by molar-refractivity contribution is 5.47. The van der Waals surface area contributed by atoms with Gasteiger partial charge in [0, 0.05) is 0 Å². The normalized spacial score (nSPS) is 12.6. The molecular weight excluding hydrogens is 259 g/mol. The molecule has 0 radical (unpaired) electrons. The number of rotatable bonds is 2. The Labute approximate surface area is 128 Å². The van der Waals surface area contributed by atoms with Crippen molar-refractivity contribution < 1.29 is 4.39 Å². The predicted molar refractivity (Wildman–Crippen MR) is 89.0 cm³/mol. The van der Waals surface area contributed by atoms with Gasteiger partial charge in [-0.1, -0.05) is 61.7 Å². The monoisotopic (exact) mass is 282 g/mol. The molecule has 0 aliphatic heterocycles. The minimum atomic E-state index is -0.609. The van der Waals surface area contributed by atoms with Gasteiger partial charge in [0.05, 0.1) is 5.41 Å². The Morgan fingerprint density at radius 2 is 1.48 bits per heavy atom. The number of terminal acetylenes is 1. The fraction of sp³-hybridized carbons (Fsp3) is 0.300. The predicted octanol–water partition coefficient (Wildman–Crippen LogP) is 5.41. The maximum Gasteiger partial charge on any atom is 0.126 e. The van der Waals surface area contributed by atoms with E-state index in [1.54, 1.807) is 13.0 Å². The molecule has 0 heterocycles.